The van der Waals surface area contributed by atoms with Crippen molar-refractivity contribution in [1.29, 1.82) is 0 Å². The summed E-state index contributed by atoms with van der Waals surface area (Å²) in [5.41, 5.74) is 1.22. The van der Waals surface area contributed by atoms with E-state index >= 15 is 0 Å². The molecule has 3 rings (SSSR count). The average Bonchev–Trinajstić information content (AvgIpc) is 2.47. The summed E-state index contributed by atoms with van der Waals surface area (Å²) in [6, 6.07) is 3.26. The summed E-state index contributed by atoms with van der Waals surface area (Å²) in [4.78, 5) is 16.2. The molecule has 1 saturated carbocycles. The largest absolute Gasteiger partial charge is 0.465 e. The van der Waals surface area contributed by atoms with Crippen molar-refractivity contribution < 1.29 is 23.4 Å². The molecule has 1 amide bonds. The van der Waals surface area contributed by atoms with E-state index in [0.717, 1.165) is 37.7 Å². The highest BCUT2D eigenvalue weighted by Crippen LogP contribution is 2.46. The van der Waals surface area contributed by atoms with Gasteiger partial charge in [0.1, 0.15) is 0 Å². The van der Waals surface area contributed by atoms with Gasteiger partial charge < -0.3 is 14.7 Å². The summed E-state index contributed by atoms with van der Waals surface area (Å²) in [5, 5.41) is 8.93. The highest BCUT2D eigenvalue weighted by atomic mass is 19.3. The van der Waals surface area contributed by atoms with Crippen molar-refractivity contribution in [3.63, 3.8) is 0 Å². The first-order chi connectivity index (χ1) is 11.0. The lowest BCUT2D eigenvalue weighted by Gasteiger charge is -2.52. The molecule has 7 heteroatoms. The summed E-state index contributed by atoms with van der Waals surface area (Å²) in [6.07, 6.45) is 5.90. The van der Waals surface area contributed by atoms with E-state index in [1.807, 2.05) is 0 Å². The third kappa shape index (κ3) is 3.71. The number of likely N-dealkylation sites (tertiary alicyclic amines) is 1. The van der Waals surface area contributed by atoms with Crippen LogP contribution in [-0.4, -0.2) is 40.8 Å². The lowest BCUT2D eigenvalue weighted by molar-refractivity contribution is -0.0528. The van der Waals surface area contributed by atoms with Crippen molar-refractivity contribution in [2.24, 2.45) is 11.3 Å². The number of carbonyl (C=O) groups is 1. The number of pyridine rings is 1. The number of amides is 1. The summed E-state index contributed by atoms with van der Waals surface area (Å²) >= 11 is 0. The van der Waals surface area contributed by atoms with Crippen LogP contribution in [0.25, 0.3) is 0 Å². The van der Waals surface area contributed by atoms with Gasteiger partial charge in [0.05, 0.1) is 0 Å². The van der Waals surface area contributed by atoms with Crippen LogP contribution in [0.4, 0.5) is 13.6 Å². The number of nitrogens with zero attached hydrogens (tertiary/aromatic N) is 2. The molecule has 2 aliphatic rings. The fraction of sp³-hybridized carbons (Fsp3) is 0.625. The van der Waals surface area contributed by atoms with Gasteiger partial charge in [0.15, 0.2) is 0 Å². The zero-order valence-electron chi connectivity index (χ0n) is 12.8. The molecule has 2 heterocycles. The fourth-order valence-electron chi connectivity index (χ4n) is 3.74. The SMILES string of the molecule is O=C(O)N1CC2(CCC(Cc3ccc(OC(F)F)nc3)CC2)C1. The molecule has 0 unspecified atom stereocenters. The minimum atomic E-state index is -2.85. The van der Waals surface area contributed by atoms with Crippen molar-refractivity contribution in [2.75, 3.05) is 13.1 Å². The molecule has 1 aromatic heterocycles. The molecule has 5 nitrogen and oxygen atoms in total. The first-order valence-electron chi connectivity index (χ1n) is 7.83. The second kappa shape index (κ2) is 6.29. The number of rotatable bonds is 4. The van der Waals surface area contributed by atoms with E-state index in [9.17, 15) is 13.6 Å². The summed E-state index contributed by atoms with van der Waals surface area (Å²) < 4.78 is 28.4. The Labute approximate surface area is 133 Å². The standard InChI is InChI=1S/C16H20F2N2O3/c17-14(18)23-13-2-1-12(8-19-13)7-11-3-5-16(6-4-11)9-20(10-16)15(21)22/h1-2,8,11,14H,3-7,9-10H2,(H,21,22). The van der Waals surface area contributed by atoms with Crippen molar-refractivity contribution in [1.82, 2.24) is 9.88 Å². The van der Waals surface area contributed by atoms with E-state index < -0.39 is 12.7 Å². The normalized spacial score (nSPS) is 20.6. The van der Waals surface area contributed by atoms with Gasteiger partial charge in [0.2, 0.25) is 5.88 Å². The topological polar surface area (TPSA) is 62.7 Å². The van der Waals surface area contributed by atoms with Crippen LogP contribution in [0.3, 0.4) is 0 Å². The first-order valence-corrected chi connectivity index (χ1v) is 7.83. The van der Waals surface area contributed by atoms with Crippen molar-refractivity contribution in [3.05, 3.63) is 23.9 Å². The zero-order valence-corrected chi connectivity index (χ0v) is 12.8. The van der Waals surface area contributed by atoms with Gasteiger partial charge in [0.25, 0.3) is 0 Å². The third-order valence-corrected chi connectivity index (χ3v) is 5.02. The van der Waals surface area contributed by atoms with E-state index in [0.29, 0.717) is 19.0 Å². The van der Waals surface area contributed by atoms with Gasteiger partial charge in [-0.1, -0.05) is 6.07 Å². The van der Waals surface area contributed by atoms with Gasteiger partial charge in [-0.2, -0.15) is 8.78 Å². The second-order valence-electron chi connectivity index (χ2n) is 6.67. The molecule has 1 N–H and O–H groups in total. The molecule has 23 heavy (non-hydrogen) atoms. The minimum Gasteiger partial charge on any atom is -0.465 e. The fourth-order valence-corrected chi connectivity index (χ4v) is 3.74. The number of alkyl halides is 2. The van der Waals surface area contributed by atoms with E-state index in [1.165, 1.54) is 11.0 Å². The van der Waals surface area contributed by atoms with E-state index in [1.54, 1.807) is 12.3 Å². The number of aromatic nitrogens is 1. The smallest absolute Gasteiger partial charge is 0.407 e. The quantitative estimate of drug-likeness (QED) is 0.921. The van der Waals surface area contributed by atoms with Crippen LogP contribution in [-0.2, 0) is 6.42 Å². The van der Waals surface area contributed by atoms with Crippen LogP contribution in [0, 0.1) is 11.3 Å². The molecule has 2 fully saturated rings. The van der Waals surface area contributed by atoms with Gasteiger partial charge in [-0.25, -0.2) is 9.78 Å². The molecule has 0 aromatic carbocycles. The Morgan fingerprint density at radius 3 is 2.61 bits per heavy atom. The van der Waals surface area contributed by atoms with E-state index in [2.05, 4.69) is 9.72 Å². The van der Waals surface area contributed by atoms with Crippen LogP contribution < -0.4 is 4.74 Å². The number of halogens is 2. The Hall–Kier alpha value is -1.92. The molecule has 1 saturated heterocycles. The molecule has 1 aliphatic carbocycles. The average molecular weight is 326 g/mol. The van der Waals surface area contributed by atoms with Crippen molar-refractivity contribution in [3.8, 4) is 5.88 Å². The first kappa shape index (κ1) is 16.0. The summed E-state index contributed by atoms with van der Waals surface area (Å²) in [5.74, 6) is 0.484. The Bertz CT molecular complexity index is 549. The highest BCUT2D eigenvalue weighted by molar-refractivity contribution is 5.66. The Morgan fingerprint density at radius 2 is 2.09 bits per heavy atom. The van der Waals surface area contributed by atoms with Gasteiger partial charge in [-0.15, -0.1) is 0 Å². The number of carboxylic acid groups (broad SMARTS) is 1. The van der Waals surface area contributed by atoms with Gasteiger partial charge in [-0.3, -0.25) is 0 Å². The Balaban J connectivity index is 1.47. The third-order valence-electron chi connectivity index (χ3n) is 5.02. The van der Waals surface area contributed by atoms with Crippen LogP contribution in [0.5, 0.6) is 5.88 Å². The highest BCUT2D eigenvalue weighted by Gasteiger charge is 2.46. The summed E-state index contributed by atoms with van der Waals surface area (Å²) in [6.45, 7) is -1.53. The monoisotopic (exact) mass is 326 g/mol. The molecular weight excluding hydrogens is 306 g/mol. The Morgan fingerprint density at radius 1 is 1.39 bits per heavy atom. The minimum absolute atomic E-state index is 0.0606. The second-order valence-corrected chi connectivity index (χ2v) is 6.67. The maximum atomic E-state index is 12.1. The maximum Gasteiger partial charge on any atom is 0.407 e. The number of hydrogen-bond acceptors (Lipinski definition) is 3. The number of ether oxygens (including phenoxy) is 1. The lowest BCUT2D eigenvalue weighted by atomic mass is 9.65. The molecule has 1 aliphatic heterocycles. The zero-order chi connectivity index (χ0) is 16.4. The molecule has 0 bridgehead atoms. The molecule has 1 spiro atoms. The molecule has 0 atom stereocenters. The van der Waals surface area contributed by atoms with Crippen LogP contribution in [0.1, 0.15) is 31.2 Å². The molecule has 126 valence electrons. The van der Waals surface area contributed by atoms with Crippen LogP contribution in [0.2, 0.25) is 0 Å². The van der Waals surface area contributed by atoms with Crippen LogP contribution in [0.15, 0.2) is 18.3 Å². The molecule has 0 radical (unpaired) electrons. The Kier molecular flexibility index (Phi) is 4.37. The summed E-state index contributed by atoms with van der Waals surface area (Å²) in [7, 11) is 0. The molecular formula is C16H20F2N2O3. The van der Waals surface area contributed by atoms with E-state index in [-0.39, 0.29) is 11.3 Å². The molecule has 1 aromatic rings. The van der Waals surface area contributed by atoms with E-state index in [4.69, 9.17) is 5.11 Å². The number of hydrogen-bond donors (Lipinski definition) is 1. The van der Waals surface area contributed by atoms with Crippen molar-refractivity contribution >= 4 is 6.09 Å². The predicted molar refractivity (Wildman–Crippen MR) is 78.6 cm³/mol. The van der Waals surface area contributed by atoms with Gasteiger partial charge >= 0.3 is 12.7 Å². The lowest BCUT2D eigenvalue weighted by Crippen LogP contribution is -2.59. The maximum absolute atomic E-state index is 12.1. The van der Waals surface area contributed by atoms with Gasteiger partial charge in [0, 0.05) is 30.8 Å². The predicted octanol–water partition coefficient (Wildman–Crippen LogP) is 3.40. The van der Waals surface area contributed by atoms with Crippen LogP contribution >= 0.6 is 0 Å². The van der Waals surface area contributed by atoms with Crippen molar-refractivity contribution in [2.45, 2.75) is 38.7 Å². The van der Waals surface area contributed by atoms with Gasteiger partial charge in [-0.05, 0) is 43.6 Å².